The molecule has 0 spiro atoms. The van der Waals surface area contributed by atoms with Crippen molar-refractivity contribution >= 4 is 11.8 Å². The molecule has 1 saturated heterocycles. The fourth-order valence-electron chi connectivity index (χ4n) is 1.91. The molecule has 0 amide bonds. The third-order valence-electron chi connectivity index (χ3n) is 3.19. The van der Waals surface area contributed by atoms with Crippen LogP contribution in [0.2, 0.25) is 0 Å². The van der Waals surface area contributed by atoms with Crippen LogP contribution in [0.3, 0.4) is 0 Å². The van der Waals surface area contributed by atoms with Gasteiger partial charge in [0.1, 0.15) is 0 Å². The highest BCUT2D eigenvalue weighted by atomic mass is 32.2. The first-order valence-electron chi connectivity index (χ1n) is 4.87. The molecular formula is C10H19NS. The second-order valence-electron chi connectivity index (χ2n) is 5.25. The van der Waals surface area contributed by atoms with Gasteiger partial charge in [-0.15, -0.1) is 0 Å². The normalized spacial score (nSPS) is 37.8. The Hall–Kier alpha value is 0.310. The lowest BCUT2D eigenvalue weighted by atomic mass is 9.96. The summed E-state index contributed by atoms with van der Waals surface area (Å²) in [4.78, 5) is 0. The third kappa shape index (κ3) is 1.64. The van der Waals surface area contributed by atoms with E-state index >= 15 is 0 Å². The molecule has 70 valence electrons. The van der Waals surface area contributed by atoms with Crippen LogP contribution in [0.1, 0.15) is 33.6 Å². The van der Waals surface area contributed by atoms with Crippen molar-refractivity contribution in [2.24, 2.45) is 5.41 Å². The number of hydrogen-bond donors (Lipinski definition) is 1. The molecule has 0 aromatic carbocycles. The van der Waals surface area contributed by atoms with Crippen LogP contribution in [-0.2, 0) is 0 Å². The maximum atomic E-state index is 3.77. The zero-order chi connectivity index (χ0) is 8.82. The van der Waals surface area contributed by atoms with E-state index in [4.69, 9.17) is 0 Å². The van der Waals surface area contributed by atoms with E-state index in [0.29, 0.717) is 11.0 Å². The van der Waals surface area contributed by atoms with Gasteiger partial charge in [0.15, 0.2) is 0 Å². The Morgan fingerprint density at radius 1 is 1.25 bits per heavy atom. The monoisotopic (exact) mass is 185 g/mol. The molecule has 1 unspecified atom stereocenters. The Morgan fingerprint density at radius 3 is 2.42 bits per heavy atom. The highest BCUT2D eigenvalue weighted by molar-refractivity contribution is 7.99. The average molecular weight is 185 g/mol. The Kier molecular flexibility index (Phi) is 1.96. The van der Waals surface area contributed by atoms with Crippen LogP contribution < -0.4 is 5.32 Å². The van der Waals surface area contributed by atoms with Crippen LogP contribution in [0.4, 0.5) is 0 Å². The zero-order valence-electron chi connectivity index (χ0n) is 8.31. The van der Waals surface area contributed by atoms with E-state index in [-0.39, 0.29) is 0 Å². The van der Waals surface area contributed by atoms with E-state index in [9.17, 15) is 0 Å². The molecule has 2 aliphatic rings. The number of hydrogen-bond acceptors (Lipinski definition) is 2. The van der Waals surface area contributed by atoms with Crippen molar-refractivity contribution in [3.05, 3.63) is 0 Å². The number of rotatable bonds is 1. The molecule has 0 bridgehead atoms. The number of nitrogens with one attached hydrogen (secondary N) is 1. The van der Waals surface area contributed by atoms with Crippen molar-refractivity contribution in [2.75, 3.05) is 11.5 Å². The topological polar surface area (TPSA) is 12.0 Å². The van der Waals surface area contributed by atoms with Gasteiger partial charge < -0.3 is 5.32 Å². The van der Waals surface area contributed by atoms with Gasteiger partial charge in [-0.05, 0) is 32.1 Å². The molecule has 1 atom stereocenters. The van der Waals surface area contributed by atoms with Gasteiger partial charge in [0.2, 0.25) is 0 Å². The summed E-state index contributed by atoms with van der Waals surface area (Å²) < 4.78 is 0. The van der Waals surface area contributed by atoms with Gasteiger partial charge in [-0.2, -0.15) is 11.8 Å². The summed E-state index contributed by atoms with van der Waals surface area (Å²) in [5.41, 5.74) is 1.00. The van der Waals surface area contributed by atoms with Crippen LogP contribution in [0, 0.1) is 5.41 Å². The van der Waals surface area contributed by atoms with E-state index in [2.05, 4.69) is 37.8 Å². The van der Waals surface area contributed by atoms with E-state index in [0.717, 1.165) is 6.04 Å². The van der Waals surface area contributed by atoms with Crippen LogP contribution >= 0.6 is 11.8 Å². The van der Waals surface area contributed by atoms with Gasteiger partial charge in [-0.1, -0.05) is 6.92 Å². The minimum absolute atomic E-state index is 0.360. The summed E-state index contributed by atoms with van der Waals surface area (Å²) >= 11 is 2.11. The van der Waals surface area contributed by atoms with Crippen molar-refractivity contribution in [1.82, 2.24) is 5.32 Å². The van der Waals surface area contributed by atoms with Crippen molar-refractivity contribution in [1.29, 1.82) is 0 Å². The van der Waals surface area contributed by atoms with Gasteiger partial charge in [0, 0.05) is 23.1 Å². The first-order chi connectivity index (χ1) is 5.52. The van der Waals surface area contributed by atoms with Gasteiger partial charge in [0.05, 0.1) is 0 Å². The minimum atomic E-state index is 0.360. The van der Waals surface area contributed by atoms with E-state index in [1.54, 1.807) is 0 Å². The third-order valence-corrected chi connectivity index (χ3v) is 4.69. The second-order valence-corrected chi connectivity index (χ2v) is 6.28. The first kappa shape index (κ1) is 8.89. The van der Waals surface area contributed by atoms with E-state index in [1.165, 1.54) is 24.3 Å². The van der Waals surface area contributed by atoms with Gasteiger partial charge in [-0.25, -0.2) is 0 Å². The van der Waals surface area contributed by atoms with Gasteiger partial charge in [0.25, 0.3) is 0 Å². The highest BCUT2D eigenvalue weighted by Crippen LogP contribution is 2.50. The molecule has 2 rings (SSSR count). The lowest BCUT2D eigenvalue weighted by Crippen LogP contribution is -2.55. The van der Waals surface area contributed by atoms with E-state index in [1.807, 2.05) is 0 Å². The second kappa shape index (κ2) is 2.65. The molecule has 0 radical (unpaired) electrons. The molecule has 1 N–H and O–H groups in total. The molecule has 2 heteroatoms. The molecule has 1 heterocycles. The van der Waals surface area contributed by atoms with Crippen LogP contribution in [-0.4, -0.2) is 23.1 Å². The van der Waals surface area contributed by atoms with Crippen molar-refractivity contribution in [2.45, 2.75) is 45.2 Å². The Morgan fingerprint density at radius 2 is 1.92 bits per heavy atom. The van der Waals surface area contributed by atoms with Crippen LogP contribution in [0.5, 0.6) is 0 Å². The number of thioether (sulfide) groups is 1. The van der Waals surface area contributed by atoms with Gasteiger partial charge >= 0.3 is 0 Å². The largest absolute Gasteiger partial charge is 0.307 e. The summed E-state index contributed by atoms with van der Waals surface area (Å²) in [7, 11) is 0. The standard InChI is InChI=1S/C10H19NS/c1-9(2)7-12-6-8(11-9)10(3)4-5-10/h8,11H,4-7H2,1-3H3. The van der Waals surface area contributed by atoms with Crippen molar-refractivity contribution < 1.29 is 0 Å². The summed E-state index contributed by atoms with van der Waals surface area (Å²) in [6, 6.07) is 0.770. The molecule has 1 aliphatic heterocycles. The fourth-order valence-corrected chi connectivity index (χ4v) is 3.34. The molecule has 1 nitrogen and oxygen atoms in total. The van der Waals surface area contributed by atoms with Gasteiger partial charge in [-0.3, -0.25) is 0 Å². The predicted molar refractivity (Wildman–Crippen MR) is 55.7 cm³/mol. The molecule has 1 aliphatic carbocycles. The van der Waals surface area contributed by atoms with E-state index < -0.39 is 0 Å². The summed E-state index contributed by atoms with van der Waals surface area (Å²) in [6.45, 7) is 7.06. The molecule has 0 aromatic heterocycles. The Bertz CT molecular complexity index is 184. The lowest BCUT2D eigenvalue weighted by molar-refractivity contribution is 0.292. The molecule has 0 aromatic rings. The fraction of sp³-hybridized carbons (Fsp3) is 1.00. The molecular weight excluding hydrogens is 166 g/mol. The molecule has 1 saturated carbocycles. The van der Waals surface area contributed by atoms with Crippen LogP contribution in [0.15, 0.2) is 0 Å². The predicted octanol–water partition coefficient (Wildman–Crippen LogP) is 2.27. The Balaban J connectivity index is 1.99. The zero-order valence-corrected chi connectivity index (χ0v) is 9.13. The quantitative estimate of drug-likeness (QED) is 0.672. The lowest BCUT2D eigenvalue weighted by Gasteiger charge is -2.39. The van der Waals surface area contributed by atoms with Crippen LogP contribution in [0.25, 0.3) is 0 Å². The molecule has 12 heavy (non-hydrogen) atoms. The maximum Gasteiger partial charge on any atom is 0.0218 e. The smallest absolute Gasteiger partial charge is 0.0218 e. The Labute approximate surface area is 79.7 Å². The summed E-state index contributed by atoms with van der Waals surface area (Å²) in [5.74, 6) is 2.58. The first-order valence-corrected chi connectivity index (χ1v) is 6.03. The van der Waals surface area contributed by atoms with Crippen molar-refractivity contribution in [3.8, 4) is 0 Å². The molecule has 2 fully saturated rings. The summed E-state index contributed by atoms with van der Waals surface area (Å²) in [6.07, 6.45) is 2.86. The summed E-state index contributed by atoms with van der Waals surface area (Å²) in [5, 5.41) is 3.77. The SMILES string of the molecule is CC1(C)CSCC(C2(C)CC2)N1. The maximum absolute atomic E-state index is 3.77. The van der Waals surface area contributed by atoms with Crippen molar-refractivity contribution in [3.63, 3.8) is 0 Å². The highest BCUT2D eigenvalue weighted by Gasteiger charge is 2.47. The minimum Gasteiger partial charge on any atom is -0.307 e. The average Bonchev–Trinajstić information content (AvgIpc) is 2.67.